The number of anilines is 2. The predicted molar refractivity (Wildman–Crippen MR) is 115 cm³/mol. The van der Waals surface area contributed by atoms with E-state index in [4.69, 9.17) is 4.74 Å². The van der Waals surface area contributed by atoms with E-state index in [1.54, 1.807) is 12.4 Å². The van der Waals surface area contributed by atoms with Gasteiger partial charge in [0.25, 0.3) is 0 Å². The van der Waals surface area contributed by atoms with E-state index in [-0.39, 0.29) is 11.7 Å². The molecule has 0 aliphatic rings. The molecule has 0 saturated carbocycles. The molecule has 0 saturated heterocycles. The van der Waals surface area contributed by atoms with Gasteiger partial charge >= 0.3 is 0 Å². The van der Waals surface area contributed by atoms with Crippen LogP contribution in [0.3, 0.4) is 0 Å². The van der Waals surface area contributed by atoms with Crippen molar-refractivity contribution >= 4 is 17.7 Å². The third-order valence-corrected chi connectivity index (χ3v) is 4.82. The molecule has 0 amide bonds. The van der Waals surface area contributed by atoms with Gasteiger partial charge in [-0.25, -0.2) is 0 Å². The summed E-state index contributed by atoms with van der Waals surface area (Å²) in [5.74, 6) is 1.09. The van der Waals surface area contributed by atoms with Gasteiger partial charge in [0.1, 0.15) is 24.4 Å². The third-order valence-electron chi connectivity index (χ3n) is 4.82. The van der Waals surface area contributed by atoms with Crippen molar-refractivity contribution in [2.24, 2.45) is 5.92 Å². The molecule has 0 fully saturated rings. The number of aldehydes is 1. The highest BCUT2D eigenvalue weighted by Crippen LogP contribution is 2.32. The molecule has 1 aromatic heterocycles. The molecule has 5 nitrogen and oxygen atoms in total. The van der Waals surface area contributed by atoms with Crippen molar-refractivity contribution in [3.05, 3.63) is 77.6 Å². The normalized spacial score (nSPS) is 11.7. The second-order valence-electron chi connectivity index (χ2n) is 7.26. The smallest absolute Gasteiger partial charge is 0.126 e. The Hall–Kier alpha value is -3.34. The number of carbonyl (C=O) groups is 1. The molecule has 3 aromatic rings. The Morgan fingerprint density at radius 3 is 2.69 bits per heavy atom. The highest BCUT2D eigenvalue weighted by atomic mass is 16.5. The van der Waals surface area contributed by atoms with Gasteiger partial charge < -0.3 is 20.0 Å². The quantitative estimate of drug-likeness (QED) is 0.492. The Labute approximate surface area is 171 Å². The summed E-state index contributed by atoms with van der Waals surface area (Å²) in [6.07, 6.45) is 5.56. The van der Waals surface area contributed by atoms with Crippen molar-refractivity contribution in [2.75, 3.05) is 5.32 Å². The molecule has 0 bridgehead atoms. The molecular formula is C24H26N2O3. The van der Waals surface area contributed by atoms with Crippen molar-refractivity contribution in [3.8, 4) is 11.5 Å². The van der Waals surface area contributed by atoms with Gasteiger partial charge in [0, 0.05) is 35.8 Å². The van der Waals surface area contributed by atoms with Gasteiger partial charge in [0.2, 0.25) is 0 Å². The molecule has 0 aliphatic carbocycles. The molecular weight excluding hydrogens is 364 g/mol. The lowest BCUT2D eigenvalue weighted by atomic mass is 9.96. The number of aromatic nitrogens is 1. The zero-order valence-electron chi connectivity index (χ0n) is 16.8. The summed E-state index contributed by atoms with van der Waals surface area (Å²) in [4.78, 5) is 14.7. The zero-order valence-corrected chi connectivity index (χ0v) is 16.8. The number of nitrogens with one attached hydrogen (secondary N) is 1. The van der Waals surface area contributed by atoms with Gasteiger partial charge in [-0.2, -0.15) is 0 Å². The molecule has 29 heavy (non-hydrogen) atoms. The predicted octanol–water partition coefficient (Wildman–Crippen LogP) is 5.19. The highest BCUT2D eigenvalue weighted by Gasteiger charge is 2.13. The minimum Gasteiger partial charge on any atom is -0.507 e. The van der Waals surface area contributed by atoms with E-state index >= 15 is 0 Å². The number of hydrogen-bond acceptors (Lipinski definition) is 5. The summed E-state index contributed by atoms with van der Waals surface area (Å²) in [6, 6.07) is 15.6. The van der Waals surface area contributed by atoms with Crippen LogP contribution in [0.1, 0.15) is 30.0 Å². The first-order valence-corrected chi connectivity index (χ1v) is 9.70. The lowest BCUT2D eigenvalue weighted by molar-refractivity contribution is -0.108. The third kappa shape index (κ3) is 5.57. The SMILES string of the molecule is Cc1c(OCc2cccc(Nc3ccncc3)c2)ccc(CC(C)CC=O)c1O. The standard InChI is InChI=1S/C24H26N2O3/c1-17(10-13-27)14-20-6-7-23(18(2)24(20)28)29-16-19-4-3-5-22(15-19)26-21-8-11-25-12-9-21/h3-9,11-13,15,17,28H,10,14,16H2,1-2H3,(H,25,26). The average Bonchev–Trinajstić information content (AvgIpc) is 2.72. The van der Waals surface area contributed by atoms with Crippen LogP contribution in [0, 0.1) is 12.8 Å². The second kappa shape index (κ2) is 9.73. The van der Waals surface area contributed by atoms with Gasteiger partial charge in [-0.1, -0.05) is 25.1 Å². The first-order chi connectivity index (χ1) is 14.1. The van der Waals surface area contributed by atoms with Crippen molar-refractivity contribution in [3.63, 3.8) is 0 Å². The number of benzene rings is 2. The number of nitrogens with zero attached hydrogens (tertiary/aromatic N) is 1. The van der Waals surface area contributed by atoms with Gasteiger partial charge in [0.05, 0.1) is 0 Å². The number of pyridine rings is 1. The van der Waals surface area contributed by atoms with E-state index < -0.39 is 0 Å². The molecule has 150 valence electrons. The zero-order chi connectivity index (χ0) is 20.6. The Morgan fingerprint density at radius 2 is 1.93 bits per heavy atom. The molecule has 0 radical (unpaired) electrons. The number of phenols is 1. The van der Waals surface area contributed by atoms with Crippen LogP contribution in [0.5, 0.6) is 11.5 Å². The molecule has 0 aliphatic heterocycles. The van der Waals surface area contributed by atoms with Gasteiger partial charge in [-0.05, 0) is 60.7 Å². The van der Waals surface area contributed by atoms with Crippen LogP contribution in [0.15, 0.2) is 60.9 Å². The maximum Gasteiger partial charge on any atom is 0.126 e. The van der Waals surface area contributed by atoms with E-state index in [0.29, 0.717) is 30.8 Å². The molecule has 0 spiro atoms. The summed E-state index contributed by atoms with van der Waals surface area (Å²) in [5, 5.41) is 13.9. The molecule has 2 N–H and O–H groups in total. The fourth-order valence-electron chi connectivity index (χ4n) is 3.18. The first-order valence-electron chi connectivity index (χ1n) is 9.70. The van der Waals surface area contributed by atoms with E-state index in [1.807, 2.05) is 62.4 Å². The van der Waals surface area contributed by atoms with Crippen LogP contribution in [0.2, 0.25) is 0 Å². The molecule has 2 aromatic carbocycles. The molecule has 1 heterocycles. The number of hydrogen-bond donors (Lipinski definition) is 2. The summed E-state index contributed by atoms with van der Waals surface area (Å²) in [6.45, 7) is 4.24. The molecule has 5 heteroatoms. The number of rotatable bonds is 9. The van der Waals surface area contributed by atoms with Gasteiger partial charge in [-0.3, -0.25) is 4.98 Å². The Balaban J connectivity index is 1.66. The average molecular weight is 390 g/mol. The van der Waals surface area contributed by atoms with E-state index in [9.17, 15) is 9.90 Å². The Kier molecular flexibility index (Phi) is 6.85. The maximum atomic E-state index is 10.7. The van der Waals surface area contributed by atoms with Crippen LogP contribution in [-0.4, -0.2) is 16.4 Å². The maximum absolute atomic E-state index is 10.7. The second-order valence-corrected chi connectivity index (χ2v) is 7.26. The molecule has 1 atom stereocenters. The van der Waals surface area contributed by atoms with E-state index in [1.165, 1.54) is 0 Å². The number of ether oxygens (including phenoxy) is 1. The van der Waals surface area contributed by atoms with E-state index in [2.05, 4.69) is 10.3 Å². The lowest BCUT2D eigenvalue weighted by Crippen LogP contribution is -2.03. The molecule has 3 rings (SSSR count). The summed E-state index contributed by atoms with van der Waals surface area (Å²) in [5.41, 5.74) is 4.51. The monoisotopic (exact) mass is 390 g/mol. The van der Waals surface area contributed by atoms with Crippen LogP contribution in [-0.2, 0) is 17.8 Å². The van der Waals surface area contributed by atoms with Crippen molar-refractivity contribution < 1.29 is 14.6 Å². The Bertz CT molecular complexity index is 958. The van der Waals surface area contributed by atoms with Crippen LogP contribution in [0.25, 0.3) is 0 Å². The molecule has 1 unspecified atom stereocenters. The minimum atomic E-state index is 0.195. The van der Waals surface area contributed by atoms with Crippen molar-refractivity contribution in [1.29, 1.82) is 0 Å². The summed E-state index contributed by atoms with van der Waals surface area (Å²) >= 11 is 0. The number of phenolic OH excluding ortho intramolecular Hbond substituents is 1. The fourth-order valence-corrected chi connectivity index (χ4v) is 3.18. The topological polar surface area (TPSA) is 71.5 Å². The van der Waals surface area contributed by atoms with Crippen LogP contribution >= 0.6 is 0 Å². The van der Waals surface area contributed by atoms with Crippen LogP contribution in [0.4, 0.5) is 11.4 Å². The summed E-state index contributed by atoms with van der Waals surface area (Å²) < 4.78 is 5.96. The first kappa shape index (κ1) is 20.4. The lowest BCUT2D eigenvalue weighted by Gasteiger charge is -2.15. The van der Waals surface area contributed by atoms with Gasteiger partial charge in [0.15, 0.2) is 0 Å². The van der Waals surface area contributed by atoms with Gasteiger partial charge in [-0.15, -0.1) is 0 Å². The van der Waals surface area contributed by atoms with Crippen LogP contribution < -0.4 is 10.1 Å². The van der Waals surface area contributed by atoms with Crippen molar-refractivity contribution in [2.45, 2.75) is 33.3 Å². The largest absolute Gasteiger partial charge is 0.507 e. The minimum absolute atomic E-state index is 0.195. The highest BCUT2D eigenvalue weighted by molar-refractivity contribution is 5.59. The number of aromatic hydroxyl groups is 1. The number of carbonyl (C=O) groups excluding carboxylic acids is 1. The fraction of sp³-hybridized carbons (Fsp3) is 0.250. The summed E-state index contributed by atoms with van der Waals surface area (Å²) in [7, 11) is 0. The van der Waals surface area contributed by atoms with Crippen molar-refractivity contribution in [1.82, 2.24) is 4.98 Å². The van der Waals surface area contributed by atoms with E-state index in [0.717, 1.165) is 28.8 Å². The Morgan fingerprint density at radius 1 is 1.14 bits per heavy atom.